The van der Waals surface area contributed by atoms with Gasteiger partial charge in [0, 0.05) is 18.2 Å². The largest absolute Gasteiger partial charge is 0.478 e. The Morgan fingerprint density at radius 2 is 2.03 bits per heavy atom. The van der Waals surface area contributed by atoms with Crippen molar-refractivity contribution in [2.45, 2.75) is 51.7 Å². The Balaban J connectivity index is 1.65. The molecule has 2 aliphatic rings. The summed E-state index contributed by atoms with van der Waals surface area (Å²) in [6, 6.07) is 8.35. The van der Waals surface area contributed by atoms with Gasteiger partial charge < -0.3 is 14.1 Å². The fourth-order valence-electron chi connectivity index (χ4n) is 4.13. The number of hydrogen-bond donors (Lipinski definition) is 0. The predicted molar refractivity (Wildman–Crippen MR) is 111 cm³/mol. The number of fused-ring (bicyclic) bond motifs is 1. The van der Waals surface area contributed by atoms with Gasteiger partial charge in [0.05, 0.1) is 12.0 Å². The van der Waals surface area contributed by atoms with Crippen LogP contribution in [0.25, 0.3) is 0 Å². The first-order chi connectivity index (χ1) is 14.5. The fourth-order valence-corrected chi connectivity index (χ4v) is 4.13. The average molecular weight is 410 g/mol. The van der Waals surface area contributed by atoms with Gasteiger partial charge in [0.2, 0.25) is 11.7 Å². The van der Waals surface area contributed by atoms with E-state index in [0.717, 1.165) is 19.3 Å². The molecule has 2 unspecified atom stereocenters. The van der Waals surface area contributed by atoms with E-state index >= 15 is 0 Å². The summed E-state index contributed by atoms with van der Waals surface area (Å²) >= 11 is 0. The summed E-state index contributed by atoms with van der Waals surface area (Å²) in [5.74, 6) is 0.0848. The minimum Gasteiger partial charge on any atom is -0.478 e. The number of piperidine rings is 1. The highest BCUT2D eigenvalue weighted by molar-refractivity contribution is 6.10. The predicted octanol–water partition coefficient (Wildman–Crippen LogP) is 3.42. The van der Waals surface area contributed by atoms with E-state index in [0.29, 0.717) is 30.0 Å². The first-order valence-corrected chi connectivity index (χ1v) is 10.5. The van der Waals surface area contributed by atoms with Crippen LogP contribution in [0.2, 0.25) is 0 Å². The Morgan fingerprint density at radius 3 is 2.73 bits per heavy atom. The number of benzene rings is 1. The third-order valence-corrected chi connectivity index (χ3v) is 5.86. The van der Waals surface area contributed by atoms with Crippen LogP contribution in [0.1, 0.15) is 55.6 Å². The molecular formula is C23H26N2O5. The lowest BCUT2D eigenvalue weighted by Crippen LogP contribution is -2.52. The van der Waals surface area contributed by atoms with Gasteiger partial charge in [-0.25, -0.2) is 0 Å². The number of anilines is 1. The van der Waals surface area contributed by atoms with Crippen molar-refractivity contribution in [1.29, 1.82) is 0 Å². The molecule has 1 aromatic carbocycles. The number of carbonyl (C=O) groups is 3. The quantitative estimate of drug-likeness (QED) is 0.706. The zero-order valence-electron chi connectivity index (χ0n) is 17.3. The molecule has 0 radical (unpaired) electrons. The van der Waals surface area contributed by atoms with Gasteiger partial charge in [0.25, 0.3) is 5.91 Å². The van der Waals surface area contributed by atoms with Crippen LogP contribution in [-0.2, 0) is 9.59 Å². The van der Waals surface area contributed by atoms with Gasteiger partial charge in [-0.05, 0) is 62.9 Å². The average Bonchev–Trinajstić information content (AvgIpc) is 3.29. The number of amides is 2. The first-order valence-electron chi connectivity index (χ1n) is 10.5. The minimum absolute atomic E-state index is 0.0611. The molecule has 2 aromatic rings. The van der Waals surface area contributed by atoms with Crippen molar-refractivity contribution < 1.29 is 23.5 Å². The highest BCUT2D eigenvalue weighted by atomic mass is 16.5. The summed E-state index contributed by atoms with van der Waals surface area (Å²) < 4.78 is 11.1. The third kappa shape index (κ3) is 3.72. The van der Waals surface area contributed by atoms with E-state index in [9.17, 15) is 14.4 Å². The van der Waals surface area contributed by atoms with Crippen molar-refractivity contribution in [3.8, 4) is 5.75 Å². The monoisotopic (exact) mass is 410 g/mol. The summed E-state index contributed by atoms with van der Waals surface area (Å²) in [6.07, 6.45) is 4.35. The molecule has 0 aliphatic carbocycles. The van der Waals surface area contributed by atoms with E-state index < -0.39 is 6.10 Å². The number of ether oxygens (including phenoxy) is 1. The summed E-state index contributed by atoms with van der Waals surface area (Å²) in [6.45, 7) is 4.56. The Morgan fingerprint density at radius 1 is 1.20 bits per heavy atom. The standard InChI is InChI=1S/C23H26N2O5/c1-3-18-23(28)25(14-21(26)24-11-5-4-7-15(24)2)17-13-16(9-10-19(17)30-18)22(27)20-8-6-12-29-20/h6,8-10,12-13,15,18H,3-5,7,11,14H2,1-2H3. The molecule has 1 aromatic heterocycles. The second-order valence-electron chi connectivity index (χ2n) is 7.86. The van der Waals surface area contributed by atoms with Gasteiger partial charge in [-0.1, -0.05) is 6.92 Å². The van der Waals surface area contributed by atoms with E-state index in [-0.39, 0.29) is 35.9 Å². The molecule has 2 aliphatic heterocycles. The molecule has 1 saturated heterocycles. The zero-order chi connectivity index (χ0) is 21.3. The minimum atomic E-state index is -0.643. The van der Waals surface area contributed by atoms with Gasteiger partial charge in [-0.2, -0.15) is 0 Å². The lowest BCUT2D eigenvalue weighted by Gasteiger charge is -2.38. The number of furan rings is 1. The van der Waals surface area contributed by atoms with Crippen molar-refractivity contribution in [2.75, 3.05) is 18.0 Å². The van der Waals surface area contributed by atoms with E-state index in [1.807, 2.05) is 18.7 Å². The Bertz CT molecular complexity index is 953. The molecule has 0 saturated carbocycles. The Hall–Kier alpha value is -3.09. The number of likely N-dealkylation sites (tertiary alicyclic amines) is 1. The topological polar surface area (TPSA) is 80.1 Å². The van der Waals surface area contributed by atoms with E-state index in [2.05, 4.69) is 0 Å². The molecule has 158 valence electrons. The molecule has 7 nitrogen and oxygen atoms in total. The number of ketones is 1. The highest BCUT2D eigenvalue weighted by Crippen LogP contribution is 2.36. The van der Waals surface area contributed by atoms with E-state index in [4.69, 9.17) is 9.15 Å². The van der Waals surface area contributed by atoms with Crippen LogP contribution in [0.4, 0.5) is 5.69 Å². The second kappa shape index (κ2) is 8.34. The normalized spacial score (nSPS) is 21.2. The first kappa shape index (κ1) is 20.2. The van der Waals surface area contributed by atoms with Crippen LogP contribution in [0.5, 0.6) is 5.75 Å². The zero-order valence-corrected chi connectivity index (χ0v) is 17.3. The SMILES string of the molecule is CCC1Oc2ccc(C(=O)c3ccco3)cc2N(CC(=O)N2CCCCC2C)C1=O. The number of rotatable bonds is 5. The number of carbonyl (C=O) groups excluding carboxylic acids is 3. The molecule has 30 heavy (non-hydrogen) atoms. The summed E-state index contributed by atoms with van der Waals surface area (Å²) in [7, 11) is 0. The molecule has 3 heterocycles. The molecule has 0 spiro atoms. The molecule has 2 atom stereocenters. The molecule has 2 amide bonds. The van der Waals surface area contributed by atoms with Crippen molar-refractivity contribution in [3.05, 3.63) is 47.9 Å². The van der Waals surface area contributed by atoms with Gasteiger partial charge in [0.15, 0.2) is 11.9 Å². The van der Waals surface area contributed by atoms with Crippen molar-refractivity contribution >= 4 is 23.3 Å². The van der Waals surface area contributed by atoms with Crippen LogP contribution >= 0.6 is 0 Å². The molecule has 0 N–H and O–H groups in total. The molecule has 4 rings (SSSR count). The second-order valence-corrected chi connectivity index (χ2v) is 7.86. The van der Waals surface area contributed by atoms with Gasteiger partial charge >= 0.3 is 0 Å². The van der Waals surface area contributed by atoms with Gasteiger partial charge in [-0.3, -0.25) is 19.3 Å². The van der Waals surface area contributed by atoms with Crippen LogP contribution < -0.4 is 9.64 Å². The van der Waals surface area contributed by atoms with Crippen LogP contribution in [0.15, 0.2) is 41.0 Å². The van der Waals surface area contributed by atoms with Crippen LogP contribution in [0, 0.1) is 0 Å². The third-order valence-electron chi connectivity index (χ3n) is 5.86. The van der Waals surface area contributed by atoms with Crippen LogP contribution in [-0.4, -0.2) is 47.7 Å². The maximum Gasteiger partial charge on any atom is 0.268 e. The lowest BCUT2D eigenvalue weighted by molar-refractivity contribution is -0.135. The van der Waals surface area contributed by atoms with E-state index in [1.165, 1.54) is 11.2 Å². The summed E-state index contributed by atoms with van der Waals surface area (Å²) in [5.41, 5.74) is 0.818. The smallest absolute Gasteiger partial charge is 0.268 e. The molecular weight excluding hydrogens is 384 g/mol. The number of nitrogens with zero attached hydrogens (tertiary/aromatic N) is 2. The maximum atomic E-state index is 13.1. The number of hydrogen-bond acceptors (Lipinski definition) is 5. The van der Waals surface area contributed by atoms with Crippen molar-refractivity contribution in [2.24, 2.45) is 0 Å². The summed E-state index contributed by atoms with van der Waals surface area (Å²) in [5, 5.41) is 0. The Kier molecular flexibility index (Phi) is 5.61. The Labute approximate surface area is 175 Å². The lowest BCUT2D eigenvalue weighted by atomic mass is 10.0. The maximum absolute atomic E-state index is 13.1. The van der Waals surface area contributed by atoms with Crippen molar-refractivity contribution in [1.82, 2.24) is 4.90 Å². The van der Waals surface area contributed by atoms with Gasteiger partial charge in [0.1, 0.15) is 12.3 Å². The molecule has 1 fully saturated rings. The van der Waals surface area contributed by atoms with Gasteiger partial charge in [-0.15, -0.1) is 0 Å². The van der Waals surface area contributed by atoms with E-state index in [1.54, 1.807) is 30.3 Å². The summed E-state index contributed by atoms with van der Waals surface area (Å²) in [4.78, 5) is 42.1. The van der Waals surface area contributed by atoms with Crippen LogP contribution in [0.3, 0.4) is 0 Å². The van der Waals surface area contributed by atoms with Crippen molar-refractivity contribution in [3.63, 3.8) is 0 Å². The fraction of sp³-hybridized carbons (Fsp3) is 0.435. The molecule has 0 bridgehead atoms. The highest BCUT2D eigenvalue weighted by Gasteiger charge is 2.36. The molecule has 7 heteroatoms.